The van der Waals surface area contributed by atoms with Crippen molar-refractivity contribution in [2.45, 2.75) is 102 Å². The molecule has 0 aliphatic heterocycles. The first-order valence-corrected chi connectivity index (χ1v) is 10.6. The van der Waals surface area contributed by atoms with Crippen molar-refractivity contribution in [1.82, 2.24) is 0 Å². The summed E-state index contributed by atoms with van der Waals surface area (Å²) in [4.78, 5) is 0. The first-order valence-electron chi connectivity index (χ1n) is 9.09. The first-order chi connectivity index (χ1) is 10.5. The van der Waals surface area contributed by atoms with Gasteiger partial charge in [0.2, 0.25) is 0 Å². The third-order valence-corrected chi connectivity index (χ3v) is 5.53. The zero-order chi connectivity index (χ0) is 16.7. The molecular weight excluding hydrogens is 300 g/mol. The molecule has 0 heterocycles. The second kappa shape index (κ2) is 14.5. The van der Waals surface area contributed by atoms with Gasteiger partial charge in [-0.2, -0.15) is 8.42 Å². The molecular formula is C17H36O4S. The Hall–Kier alpha value is -0.130. The predicted molar refractivity (Wildman–Crippen MR) is 92.7 cm³/mol. The van der Waals surface area contributed by atoms with Gasteiger partial charge in [0.25, 0.3) is 10.1 Å². The van der Waals surface area contributed by atoms with Crippen LogP contribution in [0.15, 0.2) is 0 Å². The summed E-state index contributed by atoms with van der Waals surface area (Å²) in [5.41, 5.74) is 0. The van der Waals surface area contributed by atoms with E-state index >= 15 is 0 Å². The zero-order valence-corrected chi connectivity index (χ0v) is 15.1. The van der Waals surface area contributed by atoms with Crippen LogP contribution in [-0.4, -0.2) is 29.9 Å². The van der Waals surface area contributed by atoms with Crippen LogP contribution < -0.4 is 0 Å². The Bertz CT molecular complexity index is 328. The molecule has 0 amide bonds. The van der Waals surface area contributed by atoms with E-state index < -0.39 is 15.4 Å². The van der Waals surface area contributed by atoms with Gasteiger partial charge in [-0.3, -0.25) is 4.55 Å². The van der Waals surface area contributed by atoms with Crippen LogP contribution in [0, 0.1) is 0 Å². The van der Waals surface area contributed by atoms with Crippen molar-refractivity contribution in [3.05, 3.63) is 0 Å². The SMILES string of the molecule is CCCC(CCCCCCCCCCCCCO)S(=O)(=O)O. The number of aliphatic hydroxyl groups excluding tert-OH is 1. The van der Waals surface area contributed by atoms with Gasteiger partial charge in [0.1, 0.15) is 0 Å². The molecule has 0 radical (unpaired) electrons. The molecule has 0 aromatic carbocycles. The number of hydrogen-bond acceptors (Lipinski definition) is 3. The van der Waals surface area contributed by atoms with Gasteiger partial charge >= 0.3 is 0 Å². The van der Waals surface area contributed by atoms with Crippen LogP contribution in [0.1, 0.15) is 96.8 Å². The van der Waals surface area contributed by atoms with Crippen molar-refractivity contribution in [2.75, 3.05) is 6.61 Å². The highest BCUT2D eigenvalue weighted by Crippen LogP contribution is 2.17. The molecule has 0 aliphatic carbocycles. The van der Waals surface area contributed by atoms with E-state index in [4.69, 9.17) is 9.66 Å². The number of rotatable bonds is 16. The highest BCUT2D eigenvalue weighted by atomic mass is 32.2. The lowest BCUT2D eigenvalue weighted by Gasteiger charge is -2.12. The van der Waals surface area contributed by atoms with E-state index in [-0.39, 0.29) is 0 Å². The van der Waals surface area contributed by atoms with Gasteiger partial charge in [-0.1, -0.05) is 77.6 Å². The topological polar surface area (TPSA) is 74.6 Å². The number of aliphatic hydroxyl groups is 1. The largest absolute Gasteiger partial charge is 0.396 e. The lowest BCUT2D eigenvalue weighted by molar-refractivity contribution is 0.282. The molecule has 1 atom stereocenters. The van der Waals surface area contributed by atoms with Crippen LogP contribution in [0.2, 0.25) is 0 Å². The third-order valence-electron chi connectivity index (χ3n) is 4.22. The van der Waals surface area contributed by atoms with Crippen molar-refractivity contribution in [3.8, 4) is 0 Å². The fraction of sp³-hybridized carbons (Fsp3) is 1.00. The average Bonchev–Trinajstić information content (AvgIpc) is 2.46. The minimum absolute atomic E-state index is 0.316. The summed E-state index contributed by atoms with van der Waals surface area (Å²) < 4.78 is 31.5. The minimum atomic E-state index is -3.86. The van der Waals surface area contributed by atoms with Crippen molar-refractivity contribution < 1.29 is 18.1 Å². The van der Waals surface area contributed by atoms with Crippen molar-refractivity contribution in [1.29, 1.82) is 0 Å². The fourth-order valence-corrected chi connectivity index (χ4v) is 3.84. The summed E-state index contributed by atoms with van der Waals surface area (Å²) in [6, 6.07) is 0. The molecule has 0 aliphatic rings. The smallest absolute Gasteiger partial charge is 0.267 e. The Kier molecular flexibility index (Phi) is 14.4. The normalized spacial score (nSPS) is 13.4. The maximum atomic E-state index is 11.2. The van der Waals surface area contributed by atoms with Gasteiger partial charge in [-0.15, -0.1) is 0 Å². The van der Waals surface area contributed by atoms with Gasteiger partial charge in [-0.25, -0.2) is 0 Å². The summed E-state index contributed by atoms with van der Waals surface area (Å²) in [5, 5.41) is 8.11. The van der Waals surface area contributed by atoms with Crippen LogP contribution in [0.3, 0.4) is 0 Å². The monoisotopic (exact) mass is 336 g/mol. The Balaban J connectivity index is 3.39. The maximum absolute atomic E-state index is 11.2. The molecule has 22 heavy (non-hydrogen) atoms. The average molecular weight is 337 g/mol. The van der Waals surface area contributed by atoms with Crippen LogP contribution >= 0.6 is 0 Å². The van der Waals surface area contributed by atoms with Crippen molar-refractivity contribution in [2.24, 2.45) is 0 Å². The molecule has 134 valence electrons. The fourth-order valence-electron chi connectivity index (χ4n) is 2.84. The molecule has 0 spiro atoms. The van der Waals surface area contributed by atoms with Gasteiger partial charge in [0, 0.05) is 6.61 Å². The van der Waals surface area contributed by atoms with E-state index in [1.807, 2.05) is 6.92 Å². The second-order valence-corrected chi connectivity index (χ2v) is 8.02. The molecule has 0 aromatic heterocycles. The molecule has 0 aromatic rings. The number of unbranched alkanes of at least 4 members (excludes halogenated alkanes) is 10. The Labute approximate surface area is 137 Å². The maximum Gasteiger partial charge on any atom is 0.267 e. The number of hydrogen-bond donors (Lipinski definition) is 2. The van der Waals surface area contributed by atoms with E-state index in [0.29, 0.717) is 19.4 Å². The summed E-state index contributed by atoms with van der Waals surface area (Å²) in [6.07, 6.45) is 14.7. The molecule has 0 fully saturated rings. The Morgan fingerprint density at radius 3 is 1.50 bits per heavy atom. The standard InChI is InChI=1S/C17H36O4S/c1-2-14-17(22(19,20)21)15-12-10-8-6-4-3-5-7-9-11-13-16-18/h17-18H,2-16H2,1H3,(H,19,20,21). The first kappa shape index (κ1) is 21.9. The molecule has 0 rings (SSSR count). The van der Waals surface area contributed by atoms with Gasteiger partial charge in [-0.05, 0) is 19.3 Å². The lowest BCUT2D eigenvalue weighted by atomic mass is 10.0. The predicted octanol–water partition coefficient (Wildman–Crippen LogP) is 4.72. The molecule has 1 unspecified atom stereocenters. The van der Waals surface area contributed by atoms with Crippen molar-refractivity contribution in [3.63, 3.8) is 0 Å². The quantitative estimate of drug-likeness (QED) is 0.316. The summed E-state index contributed by atoms with van der Waals surface area (Å²) in [5.74, 6) is 0. The molecule has 4 nitrogen and oxygen atoms in total. The van der Waals surface area contributed by atoms with Crippen LogP contribution in [0.25, 0.3) is 0 Å². The minimum Gasteiger partial charge on any atom is -0.396 e. The van der Waals surface area contributed by atoms with Crippen LogP contribution in [0.4, 0.5) is 0 Å². The van der Waals surface area contributed by atoms with E-state index in [1.54, 1.807) is 0 Å². The molecule has 0 bridgehead atoms. The summed E-state index contributed by atoms with van der Waals surface area (Å²) in [6.45, 7) is 2.26. The Morgan fingerprint density at radius 2 is 1.14 bits per heavy atom. The van der Waals surface area contributed by atoms with E-state index in [1.165, 1.54) is 38.5 Å². The highest BCUT2D eigenvalue weighted by Gasteiger charge is 2.20. The van der Waals surface area contributed by atoms with Gasteiger partial charge in [0.15, 0.2) is 0 Å². The Morgan fingerprint density at radius 1 is 0.727 bits per heavy atom. The van der Waals surface area contributed by atoms with Gasteiger partial charge in [0.05, 0.1) is 5.25 Å². The summed E-state index contributed by atoms with van der Waals surface area (Å²) in [7, 11) is -3.86. The second-order valence-electron chi connectivity index (χ2n) is 6.33. The lowest BCUT2D eigenvalue weighted by Crippen LogP contribution is -2.20. The summed E-state index contributed by atoms with van der Waals surface area (Å²) >= 11 is 0. The van der Waals surface area contributed by atoms with Crippen LogP contribution in [-0.2, 0) is 10.1 Å². The zero-order valence-electron chi connectivity index (χ0n) is 14.3. The van der Waals surface area contributed by atoms with E-state index in [9.17, 15) is 8.42 Å². The molecule has 2 N–H and O–H groups in total. The molecule has 0 saturated carbocycles. The third kappa shape index (κ3) is 13.5. The van der Waals surface area contributed by atoms with E-state index in [2.05, 4.69) is 0 Å². The van der Waals surface area contributed by atoms with E-state index in [0.717, 1.165) is 38.5 Å². The molecule has 5 heteroatoms. The van der Waals surface area contributed by atoms with Gasteiger partial charge < -0.3 is 5.11 Å². The molecule has 0 saturated heterocycles. The van der Waals surface area contributed by atoms with Crippen LogP contribution in [0.5, 0.6) is 0 Å². The highest BCUT2D eigenvalue weighted by molar-refractivity contribution is 7.86. The van der Waals surface area contributed by atoms with Crippen molar-refractivity contribution >= 4 is 10.1 Å².